The minimum absolute atomic E-state index is 0.633. The number of aryl methyl sites for hydroxylation is 1. The average Bonchev–Trinajstić information content (AvgIpc) is 2.53. The zero-order valence-corrected chi connectivity index (χ0v) is 13.7. The van der Waals surface area contributed by atoms with Crippen LogP contribution in [0, 0.1) is 11.8 Å². The number of piperidine rings is 1. The molecular weight excluding hydrogens is 260 g/mol. The number of nitrogens with zero attached hydrogens (tertiary/aromatic N) is 1. The van der Waals surface area contributed by atoms with E-state index in [1.54, 1.807) is 7.11 Å². The molecule has 0 radical (unpaired) electrons. The van der Waals surface area contributed by atoms with Gasteiger partial charge in [0.05, 0.1) is 7.11 Å². The lowest BCUT2D eigenvalue weighted by atomic mass is 9.86. The highest BCUT2D eigenvalue weighted by atomic mass is 16.5. The topological polar surface area (TPSA) is 38.5 Å². The molecule has 2 rings (SSSR count). The van der Waals surface area contributed by atoms with Crippen LogP contribution >= 0.6 is 0 Å². The number of benzene rings is 1. The fraction of sp³-hybridized carbons (Fsp3) is 0.667. The van der Waals surface area contributed by atoms with Crippen molar-refractivity contribution in [2.75, 3.05) is 26.7 Å². The molecule has 0 bridgehead atoms. The number of rotatable bonds is 6. The molecule has 2 N–H and O–H groups in total. The van der Waals surface area contributed by atoms with Gasteiger partial charge in [0.25, 0.3) is 0 Å². The summed E-state index contributed by atoms with van der Waals surface area (Å²) in [5.74, 6) is 2.38. The Morgan fingerprint density at radius 1 is 1.33 bits per heavy atom. The van der Waals surface area contributed by atoms with E-state index in [1.807, 2.05) is 12.1 Å². The van der Waals surface area contributed by atoms with Crippen LogP contribution in [0.25, 0.3) is 0 Å². The van der Waals surface area contributed by atoms with Gasteiger partial charge < -0.3 is 15.4 Å². The molecule has 3 heteroatoms. The Bertz CT molecular complexity index is 418. The summed E-state index contributed by atoms with van der Waals surface area (Å²) in [7, 11) is 1.71. The van der Waals surface area contributed by atoms with Crippen molar-refractivity contribution in [1.29, 1.82) is 0 Å². The number of nitrogens with two attached hydrogens (primary N) is 1. The van der Waals surface area contributed by atoms with E-state index in [9.17, 15) is 0 Å². The van der Waals surface area contributed by atoms with Gasteiger partial charge >= 0.3 is 0 Å². The van der Waals surface area contributed by atoms with Crippen molar-refractivity contribution in [2.24, 2.45) is 17.6 Å². The monoisotopic (exact) mass is 290 g/mol. The van der Waals surface area contributed by atoms with Crippen LogP contribution in [0.3, 0.4) is 0 Å². The molecule has 0 aliphatic carbocycles. The molecule has 1 aliphatic heterocycles. The predicted octanol–water partition coefficient (Wildman–Crippen LogP) is 2.93. The molecule has 3 unspecified atom stereocenters. The van der Waals surface area contributed by atoms with E-state index in [0.717, 1.165) is 24.6 Å². The van der Waals surface area contributed by atoms with E-state index in [0.29, 0.717) is 12.0 Å². The predicted molar refractivity (Wildman–Crippen MR) is 88.7 cm³/mol. The number of ether oxygens (including phenoxy) is 1. The van der Waals surface area contributed by atoms with Crippen LogP contribution in [0.1, 0.15) is 32.3 Å². The maximum atomic E-state index is 5.91. The smallest absolute Gasteiger partial charge is 0.118 e. The largest absolute Gasteiger partial charge is 0.497 e. The van der Waals surface area contributed by atoms with E-state index in [4.69, 9.17) is 10.5 Å². The lowest BCUT2D eigenvalue weighted by Gasteiger charge is -2.40. The van der Waals surface area contributed by atoms with Crippen LogP contribution in [0.2, 0.25) is 0 Å². The number of methoxy groups -OCH3 is 1. The van der Waals surface area contributed by atoms with Gasteiger partial charge in [-0.2, -0.15) is 0 Å². The molecule has 1 heterocycles. The van der Waals surface area contributed by atoms with Crippen molar-refractivity contribution in [1.82, 2.24) is 4.90 Å². The lowest BCUT2D eigenvalue weighted by molar-refractivity contribution is 0.0942. The van der Waals surface area contributed by atoms with E-state index in [2.05, 4.69) is 30.9 Å². The van der Waals surface area contributed by atoms with Crippen molar-refractivity contribution >= 4 is 0 Å². The van der Waals surface area contributed by atoms with Gasteiger partial charge in [-0.05, 0) is 68.8 Å². The Morgan fingerprint density at radius 3 is 2.67 bits per heavy atom. The second-order valence-electron chi connectivity index (χ2n) is 6.49. The zero-order chi connectivity index (χ0) is 15.2. The molecule has 1 aromatic rings. The van der Waals surface area contributed by atoms with Gasteiger partial charge in [-0.1, -0.05) is 19.1 Å². The second-order valence-corrected chi connectivity index (χ2v) is 6.49. The molecule has 1 saturated heterocycles. The first-order valence-corrected chi connectivity index (χ1v) is 8.21. The third-order valence-electron chi connectivity index (χ3n) is 5.08. The summed E-state index contributed by atoms with van der Waals surface area (Å²) < 4.78 is 5.20. The summed E-state index contributed by atoms with van der Waals surface area (Å²) in [4.78, 5) is 2.63. The number of hydrogen-bond donors (Lipinski definition) is 1. The van der Waals surface area contributed by atoms with Gasteiger partial charge in [-0.15, -0.1) is 0 Å². The van der Waals surface area contributed by atoms with Gasteiger partial charge in [0.2, 0.25) is 0 Å². The summed E-state index contributed by atoms with van der Waals surface area (Å²) >= 11 is 0. The number of hydrogen-bond acceptors (Lipinski definition) is 3. The highest BCUT2D eigenvalue weighted by Gasteiger charge is 2.27. The lowest BCUT2D eigenvalue weighted by Crippen LogP contribution is -2.46. The fourth-order valence-electron chi connectivity index (χ4n) is 3.24. The van der Waals surface area contributed by atoms with Crippen LogP contribution in [0.4, 0.5) is 0 Å². The summed E-state index contributed by atoms with van der Waals surface area (Å²) in [5.41, 5.74) is 7.30. The standard InChI is InChI=1S/C18H30N2O/c1-14-10-11-20(13-17(14)12-19)15(2)4-5-16-6-8-18(21-3)9-7-16/h6-9,14-15,17H,4-5,10-13,19H2,1-3H3. The van der Waals surface area contributed by atoms with Crippen LogP contribution < -0.4 is 10.5 Å². The van der Waals surface area contributed by atoms with Crippen LogP contribution in [-0.4, -0.2) is 37.7 Å². The quantitative estimate of drug-likeness (QED) is 0.875. The SMILES string of the molecule is COc1ccc(CCC(C)N2CCC(C)C(CN)C2)cc1. The van der Waals surface area contributed by atoms with Gasteiger partial charge in [-0.25, -0.2) is 0 Å². The van der Waals surface area contributed by atoms with Crippen LogP contribution in [0.5, 0.6) is 5.75 Å². The van der Waals surface area contributed by atoms with Gasteiger partial charge in [0.15, 0.2) is 0 Å². The molecule has 3 nitrogen and oxygen atoms in total. The third-order valence-corrected chi connectivity index (χ3v) is 5.08. The minimum atomic E-state index is 0.633. The van der Waals surface area contributed by atoms with Crippen LogP contribution in [-0.2, 0) is 6.42 Å². The van der Waals surface area contributed by atoms with Gasteiger partial charge in [0.1, 0.15) is 5.75 Å². The van der Waals surface area contributed by atoms with Crippen molar-refractivity contribution in [3.8, 4) is 5.75 Å². The Hall–Kier alpha value is -1.06. The molecule has 0 aromatic heterocycles. The van der Waals surface area contributed by atoms with Crippen LogP contribution in [0.15, 0.2) is 24.3 Å². The molecule has 1 aromatic carbocycles. The van der Waals surface area contributed by atoms with Gasteiger partial charge in [-0.3, -0.25) is 0 Å². The Balaban J connectivity index is 1.82. The molecule has 3 atom stereocenters. The molecule has 0 amide bonds. The molecule has 1 fully saturated rings. The maximum Gasteiger partial charge on any atom is 0.118 e. The number of likely N-dealkylation sites (tertiary alicyclic amines) is 1. The summed E-state index contributed by atoms with van der Waals surface area (Å²) in [6.45, 7) is 7.91. The summed E-state index contributed by atoms with van der Waals surface area (Å²) in [6, 6.07) is 9.08. The molecule has 21 heavy (non-hydrogen) atoms. The molecule has 1 aliphatic rings. The van der Waals surface area contributed by atoms with Crippen molar-refractivity contribution in [3.05, 3.63) is 29.8 Å². The van der Waals surface area contributed by atoms with E-state index in [1.165, 1.54) is 31.5 Å². The van der Waals surface area contributed by atoms with E-state index in [-0.39, 0.29) is 0 Å². The van der Waals surface area contributed by atoms with Crippen molar-refractivity contribution in [3.63, 3.8) is 0 Å². The fourth-order valence-corrected chi connectivity index (χ4v) is 3.24. The van der Waals surface area contributed by atoms with Gasteiger partial charge in [0, 0.05) is 12.6 Å². The second kappa shape index (κ2) is 7.81. The first-order valence-electron chi connectivity index (χ1n) is 8.21. The molecule has 0 saturated carbocycles. The molecule has 0 spiro atoms. The Kier molecular flexibility index (Phi) is 6.07. The van der Waals surface area contributed by atoms with E-state index >= 15 is 0 Å². The average molecular weight is 290 g/mol. The highest BCUT2D eigenvalue weighted by Crippen LogP contribution is 2.25. The zero-order valence-electron chi connectivity index (χ0n) is 13.7. The summed E-state index contributed by atoms with van der Waals surface area (Å²) in [6.07, 6.45) is 3.62. The minimum Gasteiger partial charge on any atom is -0.497 e. The molecular formula is C18H30N2O. The van der Waals surface area contributed by atoms with E-state index < -0.39 is 0 Å². The maximum absolute atomic E-state index is 5.91. The Labute approximate surface area is 129 Å². The first kappa shape index (κ1) is 16.3. The normalized spacial score (nSPS) is 24.8. The van der Waals surface area contributed by atoms with Crippen molar-refractivity contribution < 1.29 is 4.74 Å². The highest BCUT2D eigenvalue weighted by molar-refractivity contribution is 5.27. The first-order chi connectivity index (χ1) is 10.1. The molecule has 118 valence electrons. The third kappa shape index (κ3) is 4.45. The van der Waals surface area contributed by atoms with Crippen molar-refractivity contribution in [2.45, 2.75) is 39.2 Å². The Morgan fingerprint density at radius 2 is 2.05 bits per heavy atom. The summed E-state index contributed by atoms with van der Waals surface area (Å²) in [5, 5.41) is 0.